The first-order chi connectivity index (χ1) is 7.24. The van der Waals surface area contributed by atoms with E-state index in [2.05, 4.69) is 21.2 Å². The molecule has 1 aliphatic carbocycles. The maximum Gasteiger partial charge on any atom is 0.244 e. The van der Waals surface area contributed by atoms with Gasteiger partial charge in [-0.25, -0.2) is 0 Å². The van der Waals surface area contributed by atoms with Crippen LogP contribution in [0.25, 0.3) is 6.08 Å². The Balaban J connectivity index is 1.94. The third-order valence-corrected chi connectivity index (χ3v) is 2.69. The van der Waals surface area contributed by atoms with E-state index in [4.69, 9.17) is 0 Å². The molecule has 0 saturated heterocycles. The van der Waals surface area contributed by atoms with Crippen molar-refractivity contribution in [3.8, 4) is 0 Å². The molecule has 1 saturated carbocycles. The Morgan fingerprint density at radius 3 is 2.93 bits per heavy atom. The summed E-state index contributed by atoms with van der Waals surface area (Å²) in [5.41, 5.74) is 1.02. The van der Waals surface area contributed by atoms with Crippen LogP contribution in [0.2, 0.25) is 0 Å². The van der Waals surface area contributed by atoms with E-state index in [1.807, 2.05) is 30.3 Å². The van der Waals surface area contributed by atoms with Crippen molar-refractivity contribution in [1.29, 1.82) is 0 Å². The SMILES string of the molecule is O=C(/C=C/c1cccc(Br)c1)NC1CC1. The molecule has 1 aromatic carbocycles. The second-order valence-electron chi connectivity index (χ2n) is 3.67. The Hall–Kier alpha value is -1.09. The fraction of sp³-hybridized carbons (Fsp3) is 0.250. The fourth-order valence-corrected chi connectivity index (χ4v) is 1.68. The molecule has 1 aliphatic rings. The van der Waals surface area contributed by atoms with E-state index in [1.54, 1.807) is 6.08 Å². The van der Waals surface area contributed by atoms with Gasteiger partial charge in [-0.05, 0) is 36.6 Å². The predicted octanol–water partition coefficient (Wildman–Crippen LogP) is 2.74. The Morgan fingerprint density at radius 1 is 1.47 bits per heavy atom. The summed E-state index contributed by atoms with van der Waals surface area (Å²) < 4.78 is 1.02. The van der Waals surface area contributed by atoms with E-state index in [-0.39, 0.29) is 5.91 Å². The topological polar surface area (TPSA) is 29.1 Å². The second kappa shape index (κ2) is 4.62. The van der Waals surface area contributed by atoms with Crippen molar-refractivity contribution in [2.45, 2.75) is 18.9 Å². The number of halogens is 1. The summed E-state index contributed by atoms with van der Waals surface area (Å²) in [5.74, 6) is -0.00234. The molecule has 1 fully saturated rings. The van der Waals surface area contributed by atoms with Crippen LogP contribution in [0.1, 0.15) is 18.4 Å². The first-order valence-electron chi connectivity index (χ1n) is 4.98. The van der Waals surface area contributed by atoms with Gasteiger partial charge < -0.3 is 5.32 Å². The second-order valence-corrected chi connectivity index (χ2v) is 4.59. The average molecular weight is 266 g/mol. The highest BCUT2D eigenvalue weighted by Gasteiger charge is 2.21. The van der Waals surface area contributed by atoms with Gasteiger partial charge >= 0.3 is 0 Å². The molecule has 1 aromatic rings. The quantitative estimate of drug-likeness (QED) is 0.837. The van der Waals surface area contributed by atoms with Gasteiger partial charge in [0.2, 0.25) is 5.91 Å². The Morgan fingerprint density at radius 2 is 2.27 bits per heavy atom. The van der Waals surface area contributed by atoms with Crippen molar-refractivity contribution in [2.24, 2.45) is 0 Å². The number of carbonyl (C=O) groups excluding carboxylic acids is 1. The molecule has 0 bridgehead atoms. The number of hydrogen-bond acceptors (Lipinski definition) is 1. The molecule has 0 unspecified atom stereocenters. The number of hydrogen-bond donors (Lipinski definition) is 1. The summed E-state index contributed by atoms with van der Waals surface area (Å²) in [6.45, 7) is 0. The van der Waals surface area contributed by atoms with Gasteiger partial charge in [-0.1, -0.05) is 28.1 Å². The van der Waals surface area contributed by atoms with E-state index in [9.17, 15) is 4.79 Å². The van der Waals surface area contributed by atoms with E-state index in [0.29, 0.717) is 6.04 Å². The molecule has 78 valence electrons. The van der Waals surface area contributed by atoms with Gasteiger partial charge in [0.25, 0.3) is 0 Å². The maximum absolute atomic E-state index is 11.3. The molecule has 0 atom stereocenters. The minimum atomic E-state index is -0.00234. The zero-order valence-corrected chi connectivity index (χ0v) is 9.83. The van der Waals surface area contributed by atoms with Gasteiger partial charge in [0.1, 0.15) is 0 Å². The normalized spacial score (nSPS) is 15.5. The van der Waals surface area contributed by atoms with Crippen LogP contribution >= 0.6 is 15.9 Å². The minimum Gasteiger partial charge on any atom is -0.350 e. The van der Waals surface area contributed by atoms with Crippen LogP contribution in [0.4, 0.5) is 0 Å². The lowest BCUT2D eigenvalue weighted by Gasteiger charge is -1.97. The van der Waals surface area contributed by atoms with Crippen LogP contribution in [-0.4, -0.2) is 11.9 Å². The molecular weight excluding hydrogens is 254 g/mol. The van der Waals surface area contributed by atoms with Crippen LogP contribution in [0.5, 0.6) is 0 Å². The summed E-state index contributed by atoms with van der Waals surface area (Å²) in [5, 5.41) is 2.90. The lowest BCUT2D eigenvalue weighted by atomic mass is 10.2. The Bertz CT molecular complexity index is 396. The van der Waals surface area contributed by atoms with Crippen LogP contribution in [0.15, 0.2) is 34.8 Å². The third-order valence-electron chi connectivity index (χ3n) is 2.20. The number of carbonyl (C=O) groups is 1. The van der Waals surface area contributed by atoms with Gasteiger partial charge in [-0.3, -0.25) is 4.79 Å². The van der Waals surface area contributed by atoms with Crippen molar-refractivity contribution in [2.75, 3.05) is 0 Å². The molecular formula is C12H12BrNO. The number of amides is 1. The Kier molecular flexibility index (Phi) is 3.21. The molecule has 0 spiro atoms. The molecule has 1 amide bonds. The predicted molar refractivity (Wildman–Crippen MR) is 64.3 cm³/mol. The highest BCUT2D eigenvalue weighted by Crippen LogP contribution is 2.18. The van der Waals surface area contributed by atoms with Crippen molar-refractivity contribution in [3.05, 3.63) is 40.4 Å². The fourth-order valence-electron chi connectivity index (χ4n) is 1.26. The maximum atomic E-state index is 11.3. The first kappa shape index (κ1) is 10.4. The summed E-state index contributed by atoms with van der Waals surface area (Å²) in [7, 11) is 0. The molecule has 2 rings (SSSR count). The van der Waals surface area contributed by atoms with E-state index in [1.165, 1.54) is 0 Å². The summed E-state index contributed by atoms with van der Waals surface area (Å²) in [4.78, 5) is 11.3. The highest BCUT2D eigenvalue weighted by atomic mass is 79.9. The van der Waals surface area contributed by atoms with Gasteiger partial charge in [0, 0.05) is 16.6 Å². The van der Waals surface area contributed by atoms with Crippen LogP contribution in [0, 0.1) is 0 Å². The van der Waals surface area contributed by atoms with Gasteiger partial charge in [-0.15, -0.1) is 0 Å². The standard InChI is InChI=1S/C12H12BrNO/c13-10-3-1-2-9(8-10)4-7-12(15)14-11-5-6-11/h1-4,7-8,11H,5-6H2,(H,14,15)/b7-4+. The number of rotatable bonds is 3. The summed E-state index contributed by atoms with van der Waals surface area (Å²) in [6, 6.07) is 8.26. The molecule has 0 aliphatic heterocycles. The van der Waals surface area contributed by atoms with Crippen molar-refractivity contribution >= 4 is 27.9 Å². The van der Waals surface area contributed by atoms with Gasteiger partial charge in [-0.2, -0.15) is 0 Å². The number of benzene rings is 1. The van der Waals surface area contributed by atoms with E-state index < -0.39 is 0 Å². The van der Waals surface area contributed by atoms with Gasteiger partial charge in [0.05, 0.1) is 0 Å². The van der Waals surface area contributed by atoms with Crippen LogP contribution in [-0.2, 0) is 4.79 Å². The third kappa shape index (κ3) is 3.51. The average Bonchev–Trinajstić information content (AvgIpc) is 2.99. The van der Waals surface area contributed by atoms with Crippen molar-refractivity contribution in [3.63, 3.8) is 0 Å². The molecule has 0 aromatic heterocycles. The first-order valence-corrected chi connectivity index (χ1v) is 5.77. The lowest BCUT2D eigenvalue weighted by molar-refractivity contribution is -0.116. The zero-order chi connectivity index (χ0) is 10.7. The zero-order valence-electron chi connectivity index (χ0n) is 8.24. The molecule has 0 radical (unpaired) electrons. The Labute approximate surface area is 97.5 Å². The van der Waals surface area contributed by atoms with Crippen LogP contribution in [0.3, 0.4) is 0 Å². The van der Waals surface area contributed by atoms with Gasteiger partial charge in [0.15, 0.2) is 0 Å². The lowest BCUT2D eigenvalue weighted by Crippen LogP contribution is -2.22. The minimum absolute atomic E-state index is 0.00234. The molecule has 3 heteroatoms. The highest BCUT2D eigenvalue weighted by molar-refractivity contribution is 9.10. The van der Waals surface area contributed by atoms with Crippen LogP contribution < -0.4 is 5.32 Å². The molecule has 2 nitrogen and oxygen atoms in total. The number of nitrogens with one attached hydrogen (secondary N) is 1. The molecule has 1 N–H and O–H groups in total. The smallest absolute Gasteiger partial charge is 0.244 e. The molecule has 0 heterocycles. The van der Waals surface area contributed by atoms with E-state index in [0.717, 1.165) is 22.9 Å². The molecule has 15 heavy (non-hydrogen) atoms. The largest absolute Gasteiger partial charge is 0.350 e. The summed E-state index contributed by atoms with van der Waals surface area (Å²) >= 11 is 3.39. The van der Waals surface area contributed by atoms with E-state index >= 15 is 0 Å². The monoisotopic (exact) mass is 265 g/mol. The van der Waals surface area contributed by atoms with Crippen molar-refractivity contribution in [1.82, 2.24) is 5.32 Å². The summed E-state index contributed by atoms with van der Waals surface area (Å²) in [6.07, 6.45) is 5.65. The van der Waals surface area contributed by atoms with Crippen molar-refractivity contribution < 1.29 is 4.79 Å².